The van der Waals surface area contributed by atoms with E-state index in [1.54, 1.807) is 24.5 Å². The number of nitrogens with two attached hydrogens (primary N) is 1. The maximum absolute atomic E-state index is 12.1. The maximum atomic E-state index is 12.1. The van der Waals surface area contributed by atoms with Crippen molar-refractivity contribution in [1.29, 1.82) is 5.26 Å². The van der Waals surface area contributed by atoms with Crippen LogP contribution in [-0.2, 0) is 12.7 Å². The number of pyridine rings is 1. The van der Waals surface area contributed by atoms with Crippen molar-refractivity contribution < 1.29 is 13.2 Å². The number of nitriles is 1. The molecule has 0 spiro atoms. The summed E-state index contributed by atoms with van der Waals surface area (Å²) in [7, 11) is 0. The van der Waals surface area contributed by atoms with Crippen LogP contribution in [0.25, 0.3) is 0 Å². The second-order valence-electron chi connectivity index (χ2n) is 6.17. The first kappa shape index (κ1) is 25.0. The summed E-state index contributed by atoms with van der Waals surface area (Å²) in [6, 6.07) is 14.3. The molecule has 0 saturated carbocycles. The Morgan fingerprint density at radius 2 is 1.78 bits per heavy atom. The van der Waals surface area contributed by atoms with Gasteiger partial charge < -0.3 is 11.1 Å². The molecule has 1 heterocycles. The van der Waals surface area contributed by atoms with E-state index < -0.39 is 11.7 Å². The van der Waals surface area contributed by atoms with Gasteiger partial charge in [0.15, 0.2) is 6.19 Å². The molecule has 6 nitrogen and oxygen atoms in total. The lowest BCUT2D eigenvalue weighted by Gasteiger charge is -2.07. The largest absolute Gasteiger partial charge is 0.416 e. The van der Waals surface area contributed by atoms with E-state index in [1.165, 1.54) is 6.07 Å². The third-order valence-electron chi connectivity index (χ3n) is 3.79. The van der Waals surface area contributed by atoms with Crippen molar-refractivity contribution in [2.75, 3.05) is 11.1 Å². The highest BCUT2D eigenvalue weighted by molar-refractivity contribution is 9.10. The second kappa shape index (κ2) is 12.0. The van der Waals surface area contributed by atoms with E-state index in [-0.39, 0.29) is 4.90 Å². The summed E-state index contributed by atoms with van der Waals surface area (Å²) in [4.78, 5) is 8.52. The Kier molecular flexibility index (Phi) is 9.37. The minimum atomic E-state index is -4.29. The van der Waals surface area contributed by atoms with E-state index in [4.69, 9.17) is 11.0 Å². The topological polar surface area (TPSA) is 99.1 Å². The smallest absolute Gasteiger partial charge is 0.399 e. The Balaban J connectivity index is 0.000000258. The Bertz CT molecular complexity index is 1080. The number of thiol groups is 1. The first-order valence-corrected chi connectivity index (χ1v) is 10.2. The van der Waals surface area contributed by atoms with Gasteiger partial charge in [0, 0.05) is 33.1 Å². The molecule has 0 unspecified atom stereocenters. The van der Waals surface area contributed by atoms with Crippen LogP contribution in [0.3, 0.4) is 0 Å². The molecule has 11 heteroatoms. The predicted molar refractivity (Wildman–Crippen MR) is 125 cm³/mol. The standard InChI is InChI=1S/C14H14N6.C7H4BrF3S/c15-10-19-14(20-13-5-7-17-8-6-13)18-9-11-1-3-12(16)4-2-11;8-5-2-1-4(3-6(5)12)7(9,10)11/h1-8H,9,16H2,(H2,17,18,19,20);1-3,12H. The van der Waals surface area contributed by atoms with Crippen molar-refractivity contribution in [1.82, 2.24) is 10.3 Å². The lowest BCUT2D eigenvalue weighted by Crippen LogP contribution is -2.26. The summed E-state index contributed by atoms with van der Waals surface area (Å²) in [5.41, 5.74) is 7.46. The molecule has 32 heavy (non-hydrogen) atoms. The molecule has 1 aromatic heterocycles. The summed E-state index contributed by atoms with van der Waals surface area (Å²) in [5.74, 6) is 0.385. The number of halogens is 4. The molecular weight excluding hydrogens is 505 g/mol. The van der Waals surface area contributed by atoms with Gasteiger partial charge in [0.05, 0.1) is 12.1 Å². The number of nitrogens with zero attached hydrogens (tertiary/aromatic N) is 3. The zero-order valence-electron chi connectivity index (χ0n) is 16.4. The lowest BCUT2D eigenvalue weighted by molar-refractivity contribution is -0.137. The number of hydrogen-bond acceptors (Lipinski definition) is 5. The van der Waals surface area contributed by atoms with Crippen LogP contribution in [0.2, 0.25) is 0 Å². The van der Waals surface area contributed by atoms with Crippen LogP contribution in [0, 0.1) is 11.5 Å². The Labute approximate surface area is 196 Å². The molecule has 0 radical (unpaired) electrons. The van der Waals surface area contributed by atoms with Crippen LogP contribution < -0.4 is 16.4 Å². The summed E-state index contributed by atoms with van der Waals surface area (Å²) in [5, 5.41) is 14.3. The SMILES string of the molecule is FC(F)(F)c1ccc(Br)c(S)c1.N#CNC(=NCc1ccc(N)cc1)Nc1ccncc1. The monoisotopic (exact) mass is 522 g/mol. The van der Waals surface area contributed by atoms with E-state index in [0.717, 1.165) is 23.4 Å². The van der Waals surface area contributed by atoms with Crippen molar-refractivity contribution in [3.63, 3.8) is 0 Å². The van der Waals surface area contributed by atoms with E-state index in [2.05, 4.69) is 49.2 Å². The zero-order valence-corrected chi connectivity index (χ0v) is 18.9. The second-order valence-corrected chi connectivity index (χ2v) is 7.50. The van der Waals surface area contributed by atoms with Crippen LogP contribution in [-0.4, -0.2) is 10.9 Å². The predicted octanol–water partition coefficient (Wildman–Crippen LogP) is 5.46. The molecule has 3 aromatic rings. The molecule has 0 saturated heterocycles. The van der Waals surface area contributed by atoms with Gasteiger partial charge >= 0.3 is 6.18 Å². The highest BCUT2D eigenvalue weighted by Gasteiger charge is 2.30. The molecule has 0 bridgehead atoms. The minimum Gasteiger partial charge on any atom is -0.399 e. The van der Waals surface area contributed by atoms with Crippen molar-refractivity contribution in [3.05, 3.63) is 82.6 Å². The van der Waals surface area contributed by atoms with Gasteiger partial charge in [-0.1, -0.05) is 12.1 Å². The number of alkyl halides is 3. The van der Waals surface area contributed by atoms with Crippen LogP contribution in [0.5, 0.6) is 0 Å². The average Bonchev–Trinajstić information content (AvgIpc) is 2.76. The van der Waals surface area contributed by atoms with Gasteiger partial charge in [0.2, 0.25) is 5.96 Å². The number of benzene rings is 2. The van der Waals surface area contributed by atoms with Crippen LogP contribution in [0.15, 0.2) is 81.4 Å². The van der Waals surface area contributed by atoms with Gasteiger partial charge in [-0.2, -0.15) is 18.4 Å². The fourth-order valence-electron chi connectivity index (χ4n) is 2.22. The molecule has 0 fully saturated rings. The van der Waals surface area contributed by atoms with Gasteiger partial charge in [-0.3, -0.25) is 10.3 Å². The number of aromatic nitrogens is 1. The van der Waals surface area contributed by atoms with Crippen molar-refractivity contribution in [3.8, 4) is 6.19 Å². The molecule has 0 aliphatic heterocycles. The Hall–Kier alpha value is -3.23. The molecule has 0 amide bonds. The van der Waals surface area contributed by atoms with Gasteiger partial charge in [-0.05, 0) is 64.0 Å². The molecule has 166 valence electrons. The third-order valence-corrected chi connectivity index (χ3v) is 5.16. The van der Waals surface area contributed by atoms with Crippen molar-refractivity contribution in [2.45, 2.75) is 17.6 Å². The van der Waals surface area contributed by atoms with E-state index in [1.807, 2.05) is 30.5 Å². The average molecular weight is 523 g/mol. The fraction of sp³-hybridized carbons (Fsp3) is 0.0952. The van der Waals surface area contributed by atoms with Crippen molar-refractivity contribution in [2.24, 2.45) is 4.99 Å². The summed E-state index contributed by atoms with van der Waals surface area (Å²) in [6.07, 6.45) is 0.879. The van der Waals surface area contributed by atoms with E-state index in [9.17, 15) is 13.2 Å². The molecule has 0 aliphatic carbocycles. The number of hydrogen-bond donors (Lipinski definition) is 4. The number of guanidine groups is 1. The maximum Gasteiger partial charge on any atom is 0.416 e. The van der Waals surface area contributed by atoms with Gasteiger partial charge in [-0.25, -0.2) is 4.99 Å². The quantitative estimate of drug-likeness (QED) is 0.0913. The van der Waals surface area contributed by atoms with Crippen LogP contribution in [0.4, 0.5) is 24.5 Å². The van der Waals surface area contributed by atoms with Gasteiger partial charge in [0.1, 0.15) is 0 Å². The molecule has 2 aromatic carbocycles. The number of nitrogens with one attached hydrogen (secondary N) is 2. The number of aliphatic imine (C=N–C) groups is 1. The third kappa shape index (κ3) is 8.49. The van der Waals surface area contributed by atoms with E-state index >= 15 is 0 Å². The summed E-state index contributed by atoms with van der Waals surface area (Å²) >= 11 is 6.90. The molecule has 4 N–H and O–H groups in total. The molecule has 0 atom stereocenters. The lowest BCUT2D eigenvalue weighted by atomic mass is 10.2. The first-order valence-electron chi connectivity index (χ1n) is 8.96. The Morgan fingerprint density at radius 3 is 2.34 bits per heavy atom. The Morgan fingerprint density at radius 1 is 1.12 bits per heavy atom. The first-order chi connectivity index (χ1) is 15.2. The molecule has 0 aliphatic rings. The van der Waals surface area contributed by atoms with Crippen LogP contribution in [0.1, 0.15) is 11.1 Å². The minimum absolute atomic E-state index is 0.282. The number of anilines is 2. The summed E-state index contributed by atoms with van der Waals surface area (Å²) in [6.45, 7) is 0.447. The molecular formula is C21H18BrF3N6S. The van der Waals surface area contributed by atoms with Crippen LogP contribution >= 0.6 is 28.6 Å². The molecule has 3 rings (SSSR count). The normalized spacial score (nSPS) is 11.1. The zero-order chi connectivity index (χ0) is 23.6. The van der Waals surface area contributed by atoms with Crippen molar-refractivity contribution >= 4 is 45.9 Å². The summed E-state index contributed by atoms with van der Waals surface area (Å²) < 4.78 is 36.7. The fourth-order valence-corrected chi connectivity index (χ4v) is 2.68. The highest BCUT2D eigenvalue weighted by Crippen LogP contribution is 2.32. The number of nitrogen functional groups attached to an aromatic ring is 1. The number of rotatable bonds is 3. The highest BCUT2D eigenvalue weighted by atomic mass is 79.9. The van der Waals surface area contributed by atoms with Gasteiger partial charge in [-0.15, -0.1) is 12.6 Å². The van der Waals surface area contributed by atoms with Gasteiger partial charge in [0.25, 0.3) is 0 Å². The van der Waals surface area contributed by atoms with E-state index in [0.29, 0.717) is 22.7 Å².